The van der Waals surface area contributed by atoms with Crippen LogP contribution in [0.2, 0.25) is 5.02 Å². The van der Waals surface area contributed by atoms with Gasteiger partial charge in [-0.3, -0.25) is 4.90 Å². The number of pyridine rings is 1. The van der Waals surface area contributed by atoms with Crippen molar-refractivity contribution in [2.45, 2.75) is 19.1 Å². The number of para-hydroxylation sites is 1. The number of ether oxygens (including phenoxy) is 2. The van der Waals surface area contributed by atoms with Gasteiger partial charge in [-0.25, -0.2) is 4.98 Å². The molecule has 0 amide bonds. The Hall–Kier alpha value is -1.20. The van der Waals surface area contributed by atoms with E-state index in [-0.39, 0.29) is 6.10 Å². The Morgan fingerprint density at radius 2 is 2.27 bits per heavy atom. The molecule has 4 nitrogen and oxygen atoms in total. The highest BCUT2D eigenvalue weighted by Gasteiger charge is 2.20. The molecule has 2 heterocycles. The highest BCUT2D eigenvalue weighted by Crippen LogP contribution is 2.22. The highest BCUT2D eigenvalue weighted by atomic mass is 35.5. The summed E-state index contributed by atoms with van der Waals surface area (Å²) in [6, 6.07) is 10.0. The molecule has 0 bridgehead atoms. The largest absolute Gasteiger partial charge is 0.385 e. The molecule has 118 valence electrons. The molecule has 0 aliphatic carbocycles. The summed E-state index contributed by atoms with van der Waals surface area (Å²) < 4.78 is 10.9. The number of hydrogen-bond acceptors (Lipinski definition) is 4. The number of morpholine rings is 1. The fourth-order valence-corrected chi connectivity index (χ4v) is 3.04. The van der Waals surface area contributed by atoms with Crippen molar-refractivity contribution in [1.29, 1.82) is 0 Å². The summed E-state index contributed by atoms with van der Waals surface area (Å²) in [5.41, 5.74) is 1.93. The van der Waals surface area contributed by atoms with Crippen molar-refractivity contribution in [1.82, 2.24) is 9.88 Å². The van der Waals surface area contributed by atoms with Crippen molar-refractivity contribution in [2.75, 3.05) is 33.4 Å². The predicted molar refractivity (Wildman–Crippen MR) is 88.3 cm³/mol. The Balaban J connectivity index is 1.68. The number of nitrogens with zero attached hydrogens (tertiary/aromatic N) is 2. The molecule has 1 aliphatic rings. The normalized spacial score (nSPS) is 19.6. The molecule has 1 aromatic carbocycles. The van der Waals surface area contributed by atoms with Gasteiger partial charge in [-0.1, -0.05) is 29.8 Å². The Labute approximate surface area is 136 Å². The molecule has 1 aromatic heterocycles. The lowest BCUT2D eigenvalue weighted by atomic mass is 10.1. The lowest BCUT2D eigenvalue weighted by molar-refractivity contribution is -0.0435. The van der Waals surface area contributed by atoms with Crippen molar-refractivity contribution in [2.24, 2.45) is 0 Å². The molecule has 1 saturated heterocycles. The van der Waals surface area contributed by atoms with Crippen LogP contribution < -0.4 is 0 Å². The molecule has 1 aliphatic heterocycles. The van der Waals surface area contributed by atoms with E-state index in [1.54, 1.807) is 7.11 Å². The van der Waals surface area contributed by atoms with Crippen molar-refractivity contribution >= 4 is 22.5 Å². The molecule has 1 atom stereocenters. The Morgan fingerprint density at radius 3 is 3.14 bits per heavy atom. The minimum atomic E-state index is 0.248. The van der Waals surface area contributed by atoms with Crippen LogP contribution in [-0.4, -0.2) is 49.4 Å². The molecule has 22 heavy (non-hydrogen) atoms. The van der Waals surface area contributed by atoms with Gasteiger partial charge in [0.05, 0.1) is 28.9 Å². The lowest BCUT2D eigenvalue weighted by Crippen LogP contribution is -2.42. The fraction of sp³-hybridized carbons (Fsp3) is 0.471. The van der Waals surface area contributed by atoms with E-state index < -0.39 is 0 Å². The van der Waals surface area contributed by atoms with Gasteiger partial charge in [-0.15, -0.1) is 0 Å². The standard InChI is InChI=1S/C17H21ClN2O2/c1-21-9-7-15-12-20(8-10-22-15)11-14-6-5-13-3-2-4-16(18)17(13)19-14/h2-6,15H,7-12H2,1H3/t15-/m0/s1. The minimum absolute atomic E-state index is 0.248. The third-order valence-electron chi connectivity index (χ3n) is 3.98. The summed E-state index contributed by atoms with van der Waals surface area (Å²) >= 11 is 6.24. The van der Waals surface area contributed by atoms with Gasteiger partial charge in [0.1, 0.15) is 0 Å². The maximum Gasteiger partial charge on any atom is 0.0891 e. The first-order valence-electron chi connectivity index (χ1n) is 7.63. The van der Waals surface area contributed by atoms with Gasteiger partial charge < -0.3 is 9.47 Å². The van der Waals surface area contributed by atoms with Gasteiger partial charge in [0.2, 0.25) is 0 Å². The van der Waals surface area contributed by atoms with E-state index in [1.165, 1.54) is 0 Å². The fourth-order valence-electron chi connectivity index (χ4n) is 2.82. The van der Waals surface area contributed by atoms with E-state index in [0.717, 1.165) is 55.9 Å². The van der Waals surface area contributed by atoms with Crippen molar-refractivity contribution in [3.63, 3.8) is 0 Å². The zero-order valence-corrected chi connectivity index (χ0v) is 13.6. The Kier molecular flexibility index (Phi) is 5.26. The molecule has 0 radical (unpaired) electrons. The van der Waals surface area contributed by atoms with Gasteiger partial charge in [0, 0.05) is 38.7 Å². The SMILES string of the molecule is COCC[C@H]1CN(Cc2ccc3cccc(Cl)c3n2)CCO1. The van der Waals surface area contributed by atoms with Crippen LogP contribution in [0.1, 0.15) is 12.1 Å². The second-order valence-corrected chi connectivity index (χ2v) is 6.03. The summed E-state index contributed by atoms with van der Waals surface area (Å²) in [4.78, 5) is 7.10. The molecule has 0 saturated carbocycles. The van der Waals surface area contributed by atoms with Crippen molar-refractivity contribution in [3.8, 4) is 0 Å². The topological polar surface area (TPSA) is 34.6 Å². The number of hydrogen-bond donors (Lipinski definition) is 0. The van der Waals surface area contributed by atoms with Crippen LogP contribution in [0, 0.1) is 0 Å². The van der Waals surface area contributed by atoms with Crippen LogP contribution >= 0.6 is 11.6 Å². The number of halogens is 1. The highest BCUT2D eigenvalue weighted by molar-refractivity contribution is 6.35. The first kappa shape index (κ1) is 15.7. The van der Waals surface area contributed by atoms with Gasteiger partial charge >= 0.3 is 0 Å². The maximum absolute atomic E-state index is 6.24. The van der Waals surface area contributed by atoms with Gasteiger partial charge in [0.15, 0.2) is 0 Å². The van der Waals surface area contributed by atoms with Crippen LogP contribution in [-0.2, 0) is 16.0 Å². The molecule has 2 aromatic rings. The molecular weight excluding hydrogens is 300 g/mol. The van der Waals surface area contributed by atoms with Crippen LogP contribution in [0.25, 0.3) is 10.9 Å². The van der Waals surface area contributed by atoms with Crippen LogP contribution in [0.15, 0.2) is 30.3 Å². The van der Waals surface area contributed by atoms with E-state index in [0.29, 0.717) is 5.02 Å². The number of rotatable bonds is 5. The zero-order valence-electron chi connectivity index (χ0n) is 12.8. The summed E-state index contributed by atoms with van der Waals surface area (Å²) in [7, 11) is 1.73. The average molecular weight is 321 g/mol. The second-order valence-electron chi connectivity index (χ2n) is 5.62. The monoisotopic (exact) mass is 320 g/mol. The Bertz CT molecular complexity index is 635. The van der Waals surface area contributed by atoms with E-state index in [1.807, 2.05) is 18.2 Å². The second kappa shape index (κ2) is 7.38. The third-order valence-corrected chi connectivity index (χ3v) is 4.29. The molecule has 0 unspecified atom stereocenters. The van der Waals surface area contributed by atoms with Crippen LogP contribution in [0.4, 0.5) is 0 Å². The van der Waals surface area contributed by atoms with Crippen molar-refractivity contribution in [3.05, 3.63) is 41.0 Å². The first-order valence-corrected chi connectivity index (χ1v) is 8.01. The van der Waals surface area contributed by atoms with Gasteiger partial charge in [-0.05, 0) is 18.6 Å². The first-order chi connectivity index (χ1) is 10.8. The molecule has 5 heteroatoms. The predicted octanol–water partition coefficient (Wildman–Crippen LogP) is 3.13. The van der Waals surface area contributed by atoms with E-state index in [2.05, 4.69) is 17.0 Å². The molecule has 1 fully saturated rings. The number of benzene rings is 1. The lowest BCUT2D eigenvalue weighted by Gasteiger charge is -2.32. The Morgan fingerprint density at radius 1 is 1.36 bits per heavy atom. The van der Waals surface area contributed by atoms with Gasteiger partial charge in [-0.2, -0.15) is 0 Å². The number of fused-ring (bicyclic) bond motifs is 1. The molecule has 0 N–H and O–H groups in total. The van der Waals surface area contributed by atoms with E-state index in [9.17, 15) is 0 Å². The number of aromatic nitrogens is 1. The smallest absolute Gasteiger partial charge is 0.0891 e. The summed E-state index contributed by atoms with van der Waals surface area (Å²) in [6.07, 6.45) is 1.18. The maximum atomic E-state index is 6.24. The van der Waals surface area contributed by atoms with Crippen LogP contribution in [0.5, 0.6) is 0 Å². The van der Waals surface area contributed by atoms with E-state index >= 15 is 0 Å². The zero-order chi connectivity index (χ0) is 15.4. The summed E-state index contributed by atoms with van der Waals surface area (Å²) in [5, 5.41) is 1.79. The van der Waals surface area contributed by atoms with Gasteiger partial charge in [0.25, 0.3) is 0 Å². The third kappa shape index (κ3) is 3.76. The minimum Gasteiger partial charge on any atom is -0.385 e. The van der Waals surface area contributed by atoms with E-state index in [4.69, 9.17) is 26.1 Å². The van der Waals surface area contributed by atoms with Crippen LogP contribution in [0.3, 0.4) is 0 Å². The summed E-state index contributed by atoms with van der Waals surface area (Å²) in [6.45, 7) is 4.19. The molecule has 0 spiro atoms. The molecule has 3 rings (SSSR count). The number of methoxy groups -OCH3 is 1. The average Bonchev–Trinajstić information content (AvgIpc) is 2.54. The van der Waals surface area contributed by atoms with Crippen molar-refractivity contribution < 1.29 is 9.47 Å². The summed E-state index contributed by atoms with van der Waals surface area (Å²) in [5.74, 6) is 0. The quantitative estimate of drug-likeness (QED) is 0.848. The molecular formula is C17H21ClN2O2.